The quantitative estimate of drug-likeness (QED) is 0.630. The van der Waals surface area contributed by atoms with E-state index in [1.807, 2.05) is 24.3 Å². The van der Waals surface area contributed by atoms with E-state index < -0.39 is 16.6 Å². The van der Waals surface area contributed by atoms with Gasteiger partial charge in [-0.25, -0.2) is 0 Å². The number of benzene rings is 1. The molecule has 1 aromatic rings. The van der Waals surface area contributed by atoms with Crippen molar-refractivity contribution < 1.29 is 19.3 Å². The van der Waals surface area contributed by atoms with Gasteiger partial charge in [-0.1, -0.05) is 17.3 Å². The Labute approximate surface area is 133 Å². The molecular formula is C16H18N2O5. The third-order valence-electron chi connectivity index (χ3n) is 4.63. The highest BCUT2D eigenvalue weighted by atomic mass is 16.7. The van der Waals surface area contributed by atoms with E-state index in [4.69, 9.17) is 9.57 Å². The summed E-state index contributed by atoms with van der Waals surface area (Å²) in [5, 5.41) is 15.2. The van der Waals surface area contributed by atoms with Crippen LogP contribution in [0, 0.1) is 10.1 Å². The van der Waals surface area contributed by atoms with Crippen LogP contribution in [0.25, 0.3) is 0 Å². The standard InChI is InChI=1S/C16H18N2O5/c1-10-15(18(20)21)16(23-17-10)8-12(7-13(19)9-16)11-3-5-14(22-2)6-4-11/h3-6,12,15H,7-9H2,1-2H3/t12-,15+,16-/m1/s1. The van der Waals surface area contributed by atoms with E-state index in [1.165, 1.54) is 0 Å². The third-order valence-corrected chi connectivity index (χ3v) is 4.63. The molecule has 0 bridgehead atoms. The molecule has 0 aromatic heterocycles. The number of Topliss-reactive ketones (excluding diaryl/α,β-unsaturated/α-hetero) is 1. The summed E-state index contributed by atoms with van der Waals surface area (Å²) in [6.45, 7) is 1.57. The Morgan fingerprint density at radius 3 is 2.70 bits per heavy atom. The second-order valence-corrected chi connectivity index (χ2v) is 6.17. The van der Waals surface area contributed by atoms with E-state index in [2.05, 4.69) is 5.16 Å². The summed E-state index contributed by atoms with van der Waals surface area (Å²) < 4.78 is 5.13. The minimum Gasteiger partial charge on any atom is -0.497 e. The summed E-state index contributed by atoms with van der Waals surface area (Å²) in [6.07, 6.45) is 0.796. The highest BCUT2D eigenvalue weighted by Gasteiger charge is 2.59. The second-order valence-electron chi connectivity index (χ2n) is 6.17. The molecule has 1 spiro atoms. The van der Waals surface area contributed by atoms with Gasteiger partial charge in [0.15, 0.2) is 0 Å². The maximum atomic E-state index is 12.2. The van der Waals surface area contributed by atoms with Gasteiger partial charge in [0.1, 0.15) is 17.2 Å². The summed E-state index contributed by atoms with van der Waals surface area (Å²) in [7, 11) is 1.59. The number of hydrogen-bond acceptors (Lipinski definition) is 6. The van der Waals surface area contributed by atoms with Crippen LogP contribution in [0.15, 0.2) is 29.4 Å². The molecule has 1 aliphatic heterocycles. The van der Waals surface area contributed by atoms with Crippen LogP contribution in [0.2, 0.25) is 0 Å². The van der Waals surface area contributed by atoms with Gasteiger partial charge in [-0.05, 0) is 30.5 Å². The normalized spacial score (nSPS) is 30.0. The molecule has 122 valence electrons. The molecule has 2 aliphatic rings. The number of carbonyl (C=O) groups excluding carboxylic acids is 1. The van der Waals surface area contributed by atoms with Gasteiger partial charge < -0.3 is 9.57 Å². The molecule has 1 heterocycles. The molecule has 0 saturated heterocycles. The number of oxime groups is 1. The number of nitrogens with zero attached hydrogens (tertiary/aromatic N) is 2. The van der Waals surface area contributed by atoms with Crippen molar-refractivity contribution in [3.8, 4) is 5.75 Å². The van der Waals surface area contributed by atoms with Crippen molar-refractivity contribution in [2.75, 3.05) is 7.11 Å². The van der Waals surface area contributed by atoms with Crippen LogP contribution in [0.3, 0.4) is 0 Å². The van der Waals surface area contributed by atoms with E-state index in [0.29, 0.717) is 18.6 Å². The minimum absolute atomic E-state index is 0.0335. The van der Waals surface area contributed by atoms with Gasteiger partial charge in [0, 0.05) is 17.8 Å². The summed E-state index contributed by atoms with van der Waals surface area (Å²) in [5.41, 5.74) is 0.111. The number of ether oxygens (including phenoxy) is 1. The summed E-state index contributed by atoms with van der Waals surface area (Å²) in [5.74, 6) is 0.574. The SMILES string of the molecule is COc1ccc([C@@H]2CC(=O)C[C@@]3(C2)ON=C(C)[C@@H]3[N+](=O)[O-])cc1. The Hall–Kier alpha value is -2.44. The largest absolute Gasteiger partial charge is 0.497 e. The lowest BCUT2D eigenvalue weighted by molar-refractivity contribution is -0.523. The molecule has 7 nitrogen and oxygen atoms in total. The van der Waals surface area contributed by atoms with E-state index in [-0.39, 0.29) is 18.1 Å². The van der Waals surface area contributed by atoms with Crippen molar-refractivity contribution >= 4 is 11.5 Å². The lowest BCUT2D eigenvalue weighted by Crippen LogP contribution is -2.52. The van der Waals surface area contributed by atoms with Crippen molar-refractivity contribution in [1.29, 1.82) is 0 Å². The van der Waals surface area contributed by atoms with Crippen LogP contribution < -0.4 is 4.74 Å². The van der Waals surface area contributed by atoms with E-state index >= 15 is 0 Å². The van der Waals surface area contributed by atoms with E-state index in [0.717, 1.165) is 11.3 Å². The topological polar surface area (TPSA) is 91.0 Å². The Kier molecular flexibility index (Phi) is 3.79. The third kappa shape index (κ3) is 2.67. The molecule has 3 rings (SSSR count). The molecule has 0 unspecified atom stereocenters. The van der Waals surface area contributed by atoms with Gasteiger partial charge in [-0.3, -0.25) is 14.9 Å². The monoisotopic (exact) mass is 318 g/mol. The first kappa shape index (κ1) is 15.5. The number of ketones is 1. The summed E-state index contributed by atoms with van der Waals surface area (Å²) in [6, 6.07) is 6.36. The Morgan fingerprint density at radius 2 is 2.09 bits per heavy atom. The Balaban J connectivity index is 1.90. The minimum atomic E-state index is -1.16. The van der Waals surface area contributed by atoms with E-state index in [9.17, 15) is 14.9 Å². The molecular weight excluding hydrogens is 300 g/mol. The number of nitro groups is 1. The van der Waals surface area contributed by atoms with Crippen LogP contribution in [0.5, 0.6) is 5.75 Å². The molecule has 0 amide bonds. The fraction of sp³-hybridized carbons (Fsp3) is 0.500. The maximum Gasteiger partial charge on any atom is 0.295 e. The predicted molar refractivity (Wildman–Crippen MR) is 82.3 cm³/mol. The Bertz CT molecular complexity index is 670. The van der Waals surface area contributed by atoms with Crippen LogP contribution in [-0.2, 0) is 9.63 Å². The first-order valence-corrected chi connectivity index (χ1v) is 7.47. The maximum absolute atomic E-state index is 12.2. The summed E-state index contributed by atoms with van der Waals surface area (Å²) >= 11 is 0. The van der Waals surface area contributed by atoms with Crippen LogP contribution in [-0.4, -0.2) is 35.2 Å². The molecule has 0 N–H and O–H groups in total. The van der Waals surface area contributed by atoms with Crippen LogP contribution in [0.4, 0.5) is 0 Å². The van der Waals surface area contributed by atoms with Crippen molar-refractivity contribution in [3.05, 3.63) is 39.9 Å². The molecule has 1 aliphatic carbocycles. The van der Waals surface area contributed by atoms with Gasteiger partial charge in [0.05, 0.1) is 13.5 Å². The zero-order valence-electron chi connectivity index (χ0n) is 13.0. The predicted octanol–water partition coefficient (Wildman–Crippen LogP) is 2.32. The van der Waals surface area contributed by atoms with E-state index in [1.54, 1.807) is 14.0 Å². The molecule has 7 heteroatoms. The fourth-order valence-corrected chi connectivity index (χ4v) is 3.62. The van der Waals surface area contributed by atoms with Crippen molar-refractivity contribution in [2.45, 2.75) is 43.7 Å². The van der Waals surface area contributed by atoms with Crippen LogP contribution >= 0.6 is 0 Å². The average molecular weight is 318 g/mol. The average Bonchev–Trinajstić information content (AvgIpc) is 2.82. The van der Waals surface area contributed by atoms with Crippen LogP contribution in [0.1, 0.15) is 37.7 Å². The number of carbonyl (C=O) groups is 1. The van der Waals surface area contributed by atoms with Gasteiger partial charge in [0.2, 0.25) is 5.60 Å². The second kappa shape index (κ2) is 5.64. The van der Waals surface area contributed by atoms with Gasteiger partial charge in [-0.15, -0.1) is 0 Å². The van der Waals surface area contributed by atoms with Gasteiger partial charge in [-0.2, -0.15) is 0 Å². The first-order valence-electron chi connectivity index (χ1n) is 7.47. The smallest absolute Gasteiger partial charge is 0.295 e. The zero-order chi connectivity index (χ0) is 16.6. The molecule has 1 aromatic carbocycles. The van der Waals surface area contributed by atoms with Crippen molar-refractivity contribution in [3.63, 3.8) is 0 Å². The lowest BCUT2D eigenvalue weighted by Gasteiger charge is -2.35. The van der Waals surface area contributed by atoms with Crippen molar-refractivity contribution in [2.24, 2.45) is 5.16 Å². The lowest BCUT2D eigenvalue weighted by atomic mass is 9.71. The number of rotatable bonds is 3. The first-order chi connectivity index (χ1) is 10.9. The van der Waals surface area contributed by atoms with Crippen molar-refractivity contribution in [1.82, 2.24) is 0 Å². The molecule has 1 fully saturated rings. The Morgan fingerprint density at radius 1 is 1.39 bits per heavy atom. The molecule has 3 atom stereocenters. The molecule has 1 saturated carbocycles. The zero-order valence-corrected chi connectivity index (χ0v) is 13.0. The highest BCUT2D eigenvalue weighted by molar-refractivity contribution is 5.90. The number of methoxy groups -OCH3 is 1. The summed E-state index contributed by atoms with van der Waals surface area (Å²) in [4.78, 5) is 28.7. The number of hydrogen-bond donors (Lipinski definition) is 0. The van der Waals surface area contributed by atoms with Gasteiger partial charge in [0.25, 0.3) is 6.04 Å². The molecule has 23 heavy (non-hydrogen) atoms. The fourth-order valence-electron chi connectivity index (χ4n) is 3.62. The highest BCUT2D eigenvalue weighted by Crippen LogP contribution is 2.44. The van der Waals surface area contributed by atoms with Gasteiger partial charge >= 0.3 is 0 Å². The molecule has 0 radical (unpaired) electrons.